The monoisotopic (exact) mass is 363 g/mol. The van der Waals surface area contributed by atoms with Crippen LogP contribution in [-0.2, 0) is 6.54 Å². The van der Waals surface area contributed by atoms with Crippen LogP contribution < -0.4 is 10.6 Å². The third-order valence-corrected chi connectivity index (χ3v) is 5.03. The van der Waals surface area contributed by atoms with Crippen LogP contribution in [-0.4, -0.2) is 38.1 Å². The number of nitrogen functional groups attached to an aromatic ring is 1. The Morgan fingerprint density at radius 3 is 2.74 bits per heavy atom. The van der Waals surface area contributed by atoms with E-state index < -0.39 is 0 Å². The lowest BCUT2D eigenvalue weighted by molar-refractivity contribution is 0.347. The van der Waals surface area contributed by atoms with Gasteiger partial charge in [0.1, 0.15) is 11.5 Å². The summed E-state index contributed by atoms with van der Waals surface area (Å²) in [5.41, 5.74) is 9.99. The van der Waals surface area contributed by atoms with E-state index in [4.69, 9.17) is 5.73 Å². The van der Waals surface area contributed by atoms with Crippen molar-refractivity contribution in [1.29, 1.82) is 0 Å². The molecule has 1 aliphatic heterocycles. The van der Waals surface area contributed by atoms with Gasteiger partial charge in [0.2, 0.25) is 5.95 Å². The number of piperidine rings is 1. The van der Waals surface area contributed by atoms with Crippen molar-refractivity contribution in [3.05, 3.63) is 47.8 Å². The molecule has 1 fully saturated rings. The maximum Gasteiger partial charge on any atom is 0.222 e. The topological polar surface area (TPSA) is 85.8 Å². The van der Waals surface area contributed by atoms with Crippen LogP contribution in [0, 0.1) is 19.8 Å². The minimum absolute atomic E-state index is 0.339. The zero-order chi connectivity index (χ0) is 18.8. The fourth-order valence-electron chi connectivity index (χ4n) is 3.67. The fourth-order valence-corrected chi connectivity index (χ4v) is 3.67. The Morgan fingerprint density at radius 1 is 1.15 bits per heavy atom. The smallest absolute Gasteiger partial charge is 0.222 e. The van der Waals surface area contributed by atoms with E-state index in [0.717, 1.165) is 48.8 Å². The zero-order valence-corrected chi connectivity index (χ0v) is 15.8. The summed E-state index contributed by atoms with van der Waals surface area (Å²) < 4.78 is 1.96. The molecule has 2 aromatic heterocycles. The standard InChI is InChI=1S/C20H25N7/c1-14-5-7-17(8-6-14)18-13-27(25-24-18)12-16-4-3-9-26(11-16)19-10-15(2)22-20(21)23-19/h5-8,10,13,16H,3-4,9,11-12H2,1-2H3,(H2,21,22,23)/t16-/m1/s1. The molecule has 27 heavy (non-hydrogen) atoms. The van der Waals surface area contributed by atoms with Crippen molar-refractivity contribution in [1.82, 2.24) is 25.0 Å². The summed E-state index contributed by atoms with van der Waals surface area (Å²) in [5, 5.41) is 8.68. The maximum absolute atomic E-state index is 5.82. The quantitative estimate of drug-likeness (QED) is 0.767. The highest BCUT2D eigenvalue weighted by Crippen LogP contribution is 2.24. The van der Waals surface area contributed by atoms with E-state index in [2.05, 4.69) is 56.4 Å². The largest absolute Gasteiger partial charge is 0.368 e. The van der Waals surface area contributed by atoms with Gasteiger partial charge in [0.15, 0.2) is 0 Å². The van der Waals surface area contributed by atoms with Crippen LogP contribution in [0.5, 0.6) is 0 Å². The Kier molecular flexibility index (Phi) is 4.75. The third-order valence-electron chi connectivity index (χ3n) is 5.03. The predicted molar refractivity (Wildman–Crippen MR) is 106 cm³/mol. The Balaban J connectivity index is 1.44. The molecular formula is C20H25N7. The number of rotatable bonds is 4. The molecule has 1 aliphatic rings. The molecule has 1 aromatic carbocycles. The van der Waals surface area contributed by atoms with Crippen molar-refractivity contribution in [2.75, 3.05) is 23.7 Å². The Morgan fingerprint density at radius 2 is 1.96 bits per heavy atom. The molecule has 0 saturated carbocycles. The van der Waals surface area contributed by atoms with E-state index in [0.29, 0.717) is 11.9 Å². The first-order valence-electron chi connectivity index (χ1n) is 9.40. The molecule has 4 rings (SSSR count). The van der Waals surface area contributed by atoms with E-state index in [1.54, 1.807) is 0 Å². The van der Waals surface area contributed by atoms with Crippen molar-refractivity contribution in [2.45, 2.75) is 33.2 Å². The molecule has 0 aliphatic carbocycles. The zero-order valence-electron chi connectivity index (χ0n) is 15.8. The minimum Gasteiger partial charge on any atom is -0.368 e. The third kappa shape index (κ3) is 4.07. The Hall–Kier alpha value is -2.96. The van der Waals surface area contributed by atoms with Gasteiger partial charge in [-0.25, -0.2) is 4.98 Å². The normalized spacial score (nSPS) is 17.3. The van der Waals surface area contributed by atoms with Crippen molar-refractivity contribution in [3.63, 3.8) is 0 Å². The van der Waals surface area contributed by atoms with Crippen molar-refractivity contribution >= 4 is 11.8 Å². The molecule has 3 aromatic rings. The molecule has 0 amide bonds. The van der Waals surface area contributed by atoms with E-state index in [1.165, 1.54) is 12.0 Å². The van der Waals surface area contributed by atoms with Crippen LogP contribution in [0.3, 0.4) is 0 Å². The molecule has 1 saturated heterocycles. The van der Waals surface area contributed by atoms with E-state index in [9.17, 15) is 0 Å². The fraction of sp³-hybridized carbons (Fsp3) is 0.400. The highest BCUT2D eigenvalue weighted by Gasteiger charge is 2.22. The Labute approximate surface area is 159 Å². The number of aromatic nitrogens is 5. The molecule has 0 radical (unpaired) electrons. The lowest BCUT2D eigenvalue weighted by Gasteiger charge is -2.33. The second kappa shape index (κ2) is 7.34. The van der Waals surface area contributed by atoms with Gasteiger partial charge < -0.3 is 10.6 Å². The van der Waals surface area contributed by atoms with Crippen LogP contribution in [0.4, 0.5) is 11.8 Å². The lowest BCUT2D eigenvalue weighted by atomic mass is 9.98. The van der Waals surface area contributed by atoms with Crippen LogP contribution >= 0.6 is 0 Å². The summed E-state index contributed by atoms with van der Waals surface area (Å²) in [7, 11) is 0. The number of nitrogens with two attached hydrogens (primary N) is 1. The van der Waals surface area contributed by atoms with Gasteiger partial charge in [-0.15, -0.1) is 5.10 Å². The van der Waals surface area contributed by atoms with Gasteiger partial charge in [-0.2, -0.15) is 4.98 Å². The van der Waals surface area contributed by atoms with Crippen LogP contribution in [0.25, 0.3) is 11.3 Å². The number of hydrogen-bond donors (Lipinski definition) is 1. The van der Waals surface area contributed by atoms with Gasteiger partial charge in [0.25, 0.3) is 0 Å². The van der Waals surface area contributed by atoms with Gasteiger partial charge in [0.05, 0.1) is 6.20 Å². The second-order valence-electron chi connectivity index (χ2n) is 7.37. The number of aryl methyl sites for hydroxylation is 2. The average molecular weight is 363 g/mol. The molecule has 1 atom stereocenters. The van der Waals surface area contributed by atoms with Crippen LogP contribution in [0.15, 0.2) is 36.5 Å². The van der Waals surface area contributed by atoms with Crippen molar-refractivity contribution < 1.29 is 0 Å². The molecule has 0 bridgehead atoms. The average Bonchev–Trinajstić information content (AvgIpc) is 3.10. The van der Waals surface area contributed by atoms with E-state index in [-0.39, 0.29) is 0 Å². The molecule has 0 unspecified atom stereocenters. The first-order valence-corrected chi connectivity index (χ1v) is 9.40. The lowest BCUT2D eigenvalue weighted by Crippen LogP contribution is -2.37. The van der Waals surface area contributed by atoms with Crippen LogP contribution in [0.1, 0.15) is 24.1 Å². The molecule has 7 heteroatoms. The molecule has 0 spiro atoms. The summed E-state index contributed by atoms with van der Waals surface area (Å²) in [5.74, 6) is 1.76. The van der Waals surface area contributed by atoms with Crippen LogP contribution in [0.2, 0.25) is 0 Å². The highest BCUT2D eigenvalue weighted by atomic mass is 15.4. The van der Waals surface area contributed by atoms with Gasteiger partial charge >= 0.3 is 0 Å². The highest BCUT2D eigenvalue weighted by molar-refractivity contribution is 5.57. The Bertz CT molecular complexity index is 896. The minimum atomic E-state index is 0.339. The van der Waals surface area contributed by atoms with Crippen molar-refractivity contribution in [2.24, 2.45) is 5.92 Å². The van der Waals surface area contributed by atoms with E-state index in [1.807, 2.05) is 23.9 Å². The van der Waals surface area contributed by atoms with Gasteiger partial charge in [0, 0.05) is 37.0 Å². The number of benzene rings is 1. The first-order chi connectivity index (χ1) is 13.1. The second-order valence-corrected chi connectivity index (χ2v) is 7.37. The van der Waals surface area contributed by atoms with Gasteiger partial charge in [-0.05, 0) is 32.6 Å². The summed E-state index contributed by atoms with van der Waals surface area (Å²) in [6.07, 6.45) is 4.35. The number of anilines is 2. The van der Waals surface area contributed by atoms with E-state index >= 15 is 0 Å². The molecule has 3 heterocycles. The molecular weight excluding hydrogens is 338 g/mol. The summed E-state index contributed by atoms with van der Waals surface area (Å²) in [6, 6.07) is 10.4. The summed E-state index contributed by atoms with van der Waals surface area (Å²) in [4.78, 5) is 10.9. The molecule has 140 valence electrons. The molecule has 7 nitrogen and oxygen atoms in total. The van der Waals surface area contributed by atoms with Gasteiger partial charge in [-0.1, -0.05) is 35.0 Å². The van der Waals surface area contributed by atoms with Crippen molar-refractivity contribution in [3.8, 4) is 11.3 Å². The maximum atomic E-state index is 5.82. The summed E-state index contributed by atoms with van der Waals surface area (Å²) in [6.45, 7) is 6.83. The molecule has 2 N–H and O–H groups in total. The predicted octanol–water partition coefficient (Wildman–Crippen LogP) is 2.85. The SMILES string of the molecule is Cc1ccc(-c2cn(C[C@@H]3CCCN(c4cc(C)nc(N)n4)C3)nn2)cc1. The summed E-state index contributed by atoms with van der Waals surface area (Å²) >= 11 is 0. The van der Waals surface area contributed by atoms with Gasteiger partial charge in [-0.3, -0.25) is 4.68 Å². The number of hydrogen-bond acceptors (Lipinski definition) is 6. The first kappa shape index (κ1) is 17.5. The number of nitrogens with zero attached hydrogens (tertiary/aromatic N) is 6.